The monoisotopic (exact) mass is 442 g/mol. The fraction of sp³-hybridized carbons (Fsp3) is 0.200. The van der Waals surface area contributed by atoms with Gasteiger partial charge in [0.15, 0.2) is 0 Å². The van der Waals surface area contributed by atoms with Gasteiger partial charge in [0.2, 0.25) is 0 Å². The molecule has 30 heavy (non-hydrogen) atoms. The zero-order valence-corrected chi connectivity index (χ0v) is 16.5. The number of alkyl halides is 3. The molecule has 2 aromatic carbocycles. The fourth-order valence-electron chi connectivity index (χ4n) is 2.85. The first-order valence-corrected chi connectivity index (χ1v) is 8.95. The third-order valence-electron chi connectivity index (χ3n) is 4.50. The van der Waals surface area contributed by atoms with Crippen molar-refractivity contribution in [1.29, 1.82) is 0 Å². The molecule has 3 aromatic rings. The Balaban J connectivity index is 2.09. The number of aryl methyl sites for hydroxylation is 1. The molecule has 0 aliphatic carbocycles. The van der Waals surface area contributed by atoms with Crippen LogP contribution in [0.4, 0.5) is 17.6 Å². The predicted octanol–water partition coefficient (Wildman–Crippen LogP) is 4.23. The fourth-order valence-corrected chi connectivity index (χ4v) is 3.05. The second-order valence-electron chi connectivity index (χ2n) is 6.49. The molecule has 0 aliphatic rings. The summed E-state index contributed by atoms with van der Waals surface area (Å²) in [5, 5.41) is -0.124. The molecule has 0 N–H and O–H groups in total. The number of halogens is 5. The Bertz CT molecular complexity index is 1230. The van der Waals surface area contributed by atoms with E-state index in [2.05, 4.69) is 0 Å². The van der Waals surface area contributed by atoms with Gasteiger partial charge in [-0.3, -0.25) is 9.36 Å². The van der Waals surface area contributed by atoms with E-state index in [9.17, 15) is 27.2 Å². The van der Waals surface area contributed by atoms with Gasteiger partial charge in [0.25, 0.3) is 5.56 Å². The molecule has 0 saturated heterocycles. The van der Waals surface area contributed by atoms with Gasteiger partial charge in [0, 0.05) is 19.2 Å². The summed E-state index contributed by atoms with van der Waals surface area (Å²) in [7, 11) is 0.838. The van der Waals surface area contributed by atoms with Gasteiger partial charge in [-0.25, -0.2) is 13.8 Å². The van der Waals surface area contributed by atoms with E-state index in [-0.39, 0.29) is 28.0 Å². The van der Waals surface area contributed by atoms with Crippen LogP contribution in [0.25, 0.3) is 5.69 Å². The van der Waals surface area contributed by atoms with Crippen molar-refractivity contribution in [3.05, 3.63) is 91.0 Å². The Labute approximate surface area is 172 Å². The maximum absolute atomic E-state index is 14.5. The molecule has 3 rings (SSSR count). The quantitative estimate of drug-likeness (QED) is 0.568. The molecule has 158 valence electrons. The van der Waals surface area contributed by atoms with Crippen molar-refractivity contribution in [2.45, 2.75) is 19.7 Å². The highest BCUT2D eigenvalue weighted by atomic mass is 35.5. The first kappa shape index (κ1) is 21.6. The third kappa shape index (κ3) is 4.11. The number of hydrogen-bond donors (Lipinski definition) is 0. The zero-order chi connectivity index (χ0) is 22.2. The standard InChI is InChI=1S/C20H15ClF4N2O3/c1-11-5-3-4-6-12(11)10-30-16-8-15(14(22)7-13(16)21)27-18(28)9-17(20(23,24)25)26(2)19(27)29/h3-9H,10H2,1-2H3. The smallest absolute Gasteiger partial charge is 0.431 e. The summed E-state index contributed by atoms with van der Waals surface area (Å²) in [5.74, 6) is -1.10. The molecule has 0 unspecified atom stereocenters. The van der Waals surface area contributed by atoms with E-state index >= 15 is 0 Å². The molecule has 0 spiro atoms. The van der Waals surface area contributed by atoms with Gasteiger partial charge in [-0.05, 0) is 24.1 Å². The van der Waals surface area contributed by atoms with Crippen molar-refractivity contribution in [3.8, 4) is 11.4 Å². The van der Waals surface area contributed by atoms with Crippen molar-refractivity contribution in [1.82, 2.24) is 9.13 Å². The molecular formula is C20H15ClF4N2O3. The lowest BCUT2D eigenvalue weighted by Crippen LogP contribution is -2.41. The van der Waals surface area contributed by atoms with E-state index in [4.69, 9.17) is 16.3 Å². The first-order valence-electron chi connectivity index (χ1n) is 8.57. The minimum Gasteiger partial charge on any atom is -0.487 e. The number of benzene rings is 2. The van der Waals surface area contributed by atoms with Crippen LogP contribution in [0.1, 0.15) is 16.8 Å². The minimum absolute atomic E-state index is 0.0369. The first-order chi connectivity index (χ1) is 14.0. The summed E-state index contributed by atoms with van der Waals surface area (Å²) >= 11 is 6.01. The second kappa shape index (κ2) is 7.98. The normalized spacial score (nSPS) is 11.6. The van der Waals surface area contributed by atoms with Gasteiger partial charge in [-0.1, -0.05) is 35.9 Å². The molecule has 5 nitrogen and oxygen atoms in total. The topological polar surface area (TPSA) is 53.2 Å². The highest BCUT2D eigenvalue weighted by molar-refractivity contribution is 6.32. The molecule has 1 heterocycles. The molecule has 1 aromatic heterocycles. The average Bonchev–Trinajstić information content (AvgIpc) is 2.65. The Kier molecular flexibility index (Phi) is 5.76. The molecule has 0 atom stereocenters. The minimum atomic E-state index is -4.92. The number of hydrogen-bond acceptors (Lipinski definition) is 3. The van der Waals surface area contributed by atoms with Crippen LogP contribution >= 0.6 is 11.6 Å². The molecule has 0 bridgehead atoms. The Morgan fingerprint density at radius 1 is 1.10 bits per heavy atom. The third-order valence-corrected chi connectivity index (χ3v) is 4.79. The van der Waals surface area contributed by atoms with Gasteiger partial charge < -0.3 is 4.74 Å². The van der Waals surface area contributed by atoms with Crippen molar-refractivity contribution in [2.75, 3.05) is 0 Å². The highest BCUT2D eigenvalue weighted by Gasteiger charge is 2.35. The summed E-state index contributed by atoms with van der Waals surface area (Å²) in [6, 6.07) is 9.37. The van der Waals surface area contributed by atoms with Crippen LogP contribution in [-0.4, -0.2) is 9.13 Å². The molecule has 0 amide bonds. The van der Waals surface area contributed by atoms with Crippen LogP contribution in [0.2, 0.25) is 5.02 Å². The van der Waals surface area contributed by atoms with Crippen molar-refractivity contribution in [2.24, 2.45) is 7.05 Å². The van der Waals surface area contributed by atoms with Crippen LogP contribution in [0, 0.1) is 12.7 Å². The van der Waals surface area contributed by atoms with Crippen LogP contribution in [0.3, 0.4) is 0 Å². The van der Waals surface area contributed by atoms with Crippen molar-refractivity contribution < 1.29 is 22.3 Å². The second-order valence-corrected chi connectivity index (χ2v) is 6.90. The maximum atomic E-state index is 14.5. The van der Waals surface area contributed by atoms with Gasteiger partial charge in [0.05, 0.1) is 10.7 Å². The van der Waals surface area contributed by atoms with E-state index in [1.54, 1.807) is 6.07 Å². The predicted molar refractivity (Wildman–Crippen MR) is 103 cm³/mol. The lowest BCUT2D eigenvalue weighted by atomic mass is 10.1. The van der Waals surface area contributed by atoms with Crippen molar-refractivity contribution >= 4 is 11.6 Å². The van der Waals surface area contributed by atoms with Crippen LogP contribution in [0.15, 0.2) is 52.1 Å². The summed E-state index contributed by atoms with van der Waals surface area (Å²) < 4.78 is 59.7. The average molecular weight is 443 g/mol. The molecule has 0 radical (unpaired) electrons. The van der Waals surface area contributed by atoms with E-state index in [0.29, 0.717) is 4.57 Å². The van der Waals surface area contributed by atoms with Crippen LogP contribution in [0.5, 0.6) is 5.75 Å². The zero-order valence-electron chi connectivity index (χ0n) is 15.8. The molecular weight excluding hydrogens is 428 g/mol. The summed E-state index contributed by atoms with van der Waals surface area (Å²) in [6.07, 6.45) is -4.92. The number of ether oxygens (including phenoxy) is 1. The van der Waals surface area contributed by atoms with E-state index in [0.717, 1.165) is 30.3 Å². The molecule has 10 heteroatoms. The summed E-state index contributed by atoms with van der Waals surface area (Å²) in [5.41, 5.74) is -2.96. The lowest BCUT2D eigenvalue weighted by molar-refractivity contribution is -0.144. The Morgan fingerprint density at radius 2 is 1.77 bits per heavy atom. The van der Waals surface area contributed by atoms with Crippen LogP contribution in [-0.2, 0) is 19.8 Å². The number of rotatable bonds is 4. The van der Waals surface area contributed by atoms with Gasteiger partial charge >= 0.3 is 11.9 Å². The number of nitrogens with zero attached hydrogens (tertiary/aromatic N) is 2. The van der Waals surface area contributed by atoms with Gasteiger partial charge in [-0.2, -0.15) is 13.2 Å². The van der Waals surface area contributed by atoms with E-state index in [1.807, 2.05) is 25.1 Å². The maximum Gasteiger partial charge on any atom is 0.431 e. The SMILES string of the molecule is Cc1ccccc1COc1cc(-n2c(=O)cc(C(F)(F)F)n(C)c2=O)c(F)cc1Cl. The molecule has 0 saturated carbocycles. The molecule has 0 fully saturated rings. The summed E-state index contributed by atoms with van der Waals surface area (Å²) in [6.45, 7) is 1.93. The van der Waals surface area contributed by atoms with E-state index < -0.39 is 34.6 Å². The number of aromatic nitrogens is 2. The van der Waals surface area contributed by atoms with Gasteiger partial charge in [-0.15, -0.1) is 0 Å². The Morgan fingerprint density at radius 3 is 2.40 bits per heavy atom. The van der Waals surface area contributed by atoms with Gasteiger partial charge in [0.1, 0.15) is 23.9 Å². The summed E-state index contributed by atoms with van der Waals surface area (Å²) in [4.78, 5) is 24.7. The van der Waals surface area contributed by atoms with Crippen LogP contribution < -0.4 is 16.0 Å². The largest absolute Gasteiger partial charge is 0.487 e. The van der Waals surface area contributed by atoms with Crippen molar-refractivity contribution in [3.63, 3.8) is 0 Å². The Hall–Kier alpha value is -3.07. The van der Waals surface area contributed by atoms with E-state index in [1.165, 1.54) is 0 Å². The highest BCUT2D eigenvalue weighted by Crippen LogP contribution is 2.31. The molecule has 0 aliphatic heterocycles. The lowest BCUT2D eigenvalue weighted by Gasteiger charge is -2.16.